The Morgan fingerprint density at radius 3 is 2.44 bits per heavy atom. The molecule has 0 aliphatic carbocycles. The number of aryl methyl sites for hydroxylation is 2. The van der Waals surface area contributed by atoms with Gasteiger partial charge in [-0.2, -0.15) is 0 Å². The second-order valence-corrected chi connectivity index (χ2v) is 4.75. The minimum atomic E-state index is 0.0701. The first-order valence-corrected chi connectivity index (χ1v) is 5.98. The number of benzene rings is 1. The normalized spacial score (nSPS) is 11.6. The number of pyridine rings is 1. The Balaban J connectivity index is 2.72. The van der Waals surface area contributed by atoms with Gasteiger partial charge in [0.05, 0.1) is 12.6 Å². The molecule has 3 nitrogen and oxygen atoms in total. The SMILES string of the molecule is COc1ccc2c(C)c(C)c(=O)n3c(C)cc1c23. The fourth-order valence-electron chi connectivity index (χ4n) is 2.69. The molecule has 2 heterocycles. The van der Waals surface area contributed by atoms with Crippen LogP contribution >= 0.6 is 0 Å². The topological polar surface area (TPSA) is 30.7 Å². The lowest BCUT2D eigenvalue weighted by Crippen LogP contribution is -2.18. The van der Waals surface area contributed by atoms with E-state index >= 15 is 0 Å². The van der Waals surface area contributed by atoms with Crippen LogP contribution < -0.4 is 10.3 Å². The Morgan fingerprint density at radius 2 is 1.78 bits per heavy atom. The van der Waals surface area contributed by atoms with E-state index in [1.165, 1.54) is 0 Å². The number of methoxy groups -OCH3 is 1. The maximum atomic E-state index is 12.4. The number of nitrogens with zero attached hydrogens (tertiary/aromatic N) is 1. The van der Waals surface area contributed by atoms with E-state index in [4.69, 9.17) is 4.74 Å². The highest BCUT2D eigenvalue weighted by Crippen LogP contribution is 2.33. The predicted octanol–water partition coefficient (Wildman–Crippen LogP) is 2.82. The molecule has 0 unspecified atom stereocenters. The van der Waals surface area contributed by atoms with E-state index in [9.17, 15) is 4.79 Å². The molecule has 1 aromatic carbocycles. The van der Waals surface area contributed by atoms with E-state index in [1.807, 2.05) is 39.0 Å². The summed E-state index contributed by atoms with van der Waals surface area (Å²) < 4.78 is 7.16. The van der Waals surface area contributed by atoms with E-state index in [-0.39, 0.29) is 5.56 Å². The molecule has 0 spiro atoms. The molecule has 0 N–H and O–H groups in total. The van der Waals surface area contributed by atoms with Gasteiger partial charge in [-0.25, -0.2) is 0 Å². The second kappa shape index (κ2) is 3.48. The highest BCUT2D eigenvalue weighted by Gasteiger charge is 2.16. The van der Waals surface area contributed by atoms with Crippen LogP contribution in [0.1, 0.15) is 16.8 Å². The average molecular weight is 241 g/mol. The first-order valence-electron chi connectivity index (χ1n) is 5.98. The van der Waals surface area contributed by atoms with Crippen LogP contribution in [0.15, 0.2) is 23.0 Å². The van der Waals surface area contributed by atoms with Gasteiger partial charge in [0.15, 0.2) is 0 Å². The molecule has 0 saturated heterocycles. The third kappa shape index (κ3) is 1.16. The summed E-state index contributed by atoms with van der Waals surface area (Å²) in [6, 6.07) is 6.01. The summed E-state index contributed by atoms with van der Waals surface area (Å²) in [6.07, 6.45) is 0. The van der Waals surface area contributed by atoms with E-state index in [0.717, 1.165) is 38.9 Å². The number of rotatable bonds is 1. The minimum Gasteiger partial charge on any atom is -0.496 e. The fourth-order valence-corrected chi connectivity index (χ4v) is 2.69. The Labute approximate surface area is 105 Å². The van der Waals surface area contributed by atoms with Crippen LogP contribution in [0.2, 0.25) is 0 Å². The van der Waals surface area contributed by atoms with Crippen molar-refractivity contribution in [2.24, 2.45) is 0 Å². The largest absolute Gasteiger partial charge is 0.496 e. The van der Waals surface area contributed by atoms with Crippen LogP contribution in [0.3, 0.4) is 0 Å². The van der Waals surface area contributed by atoms with Crippen LogP contribution in [-0.4, -0.2) is 11.5 Å². The van der Waals surface area contributed by atoms with Gasteiger partial charge in [0.2, 0.25) is 0 Å². The second-order valence-electron chi connectivity index (χ2n) is 4.75. The van der Waals surface area contributed by atoms with Gasteiger partial charge in [-0.05, 0) is 44.5 Å². The van der Waals surface area contributed by atoms with Crippen LogP contribution in [0.5, 0.6) is 5.75 Å². The summed E-state index contributed by atoms with van der Waals surface area (Å²) >= 11 is 0. The van der Waals surface area contributed by atoms with E-state index in [0.29, 0.717) is 0 Å². The van der Waals surface area contributed by atoms with Crippen molar-refractivity contribution in [2.75, 3.05) is 7.11 Å². The van der Waals surface area contributed by atoms with Crippen molar-refractivity contribution in [3.8, 4) is 5.75 Å². The molecular formula is C15H15NO2. The lowest BCUT2D eigenvalue weighted by atomic mass is 10.0. The number of ether oxygens (including phenoxy) is 1. The van der Waals surface area contributed by atoms with Gasteiger partial charge in [0.1, 0.15) is 5.75 Å². The monoisotopic (exact) mass is 241 g/mol. The third-order valence-electron chi connectivity index (χ3n) is 3.82. The summed E-state index contributed by atoms with van der Waals surface area (Å²) in [5.41, 5.74) is 3.86. The van der Waals surface area contributed by atoms with E-state index in [1.54, 1.807) is 11.5 Å². The molecule has 92 valence electrons. The molecule has 3 heteroatoms. The molecule has 3 rings (SSSR count). The molecule has 0 radical (unpaired) electrons. The van der Waals surface area contributed by atoms with E-state index in [2.05, 4.69) is 0 Å². The van der Waals surface area contributed by atoms with Crippen molar-refractivity contribution >= 4 is 16.3 Å². The van der Waals surface area contributed by atoms with Crippen LogP contribution in [0.25, 0.3) is 16.3 Å². The standard InChI is InChI=1S/C15H15NO2/c1-8-7-12-13(18-4)6-5-11-9(2)10(3)15(17)16(8)14(11)12/h5-7H,1-4H3. The van der Waals surface area contributed by atoms with Crippen molar-refractivity contribution in [3.05, 3.63) is 45.4 Å². The van der Waals surface area contributed by atoms with Crippen LogP contribution in [0, 0.1) is 20.8 Å². The lowest BCUT2D eigenvalue weighted by molar-refractivity contribution is 0.420. The first-order chi connectivity index (χ1) is 8.56. The highest BCUT2D eigenvalue weighted by atomic mass is 16.5. The highest BCUT2D eigenvalue weighted by molar-refractivity contribution is 6.02. The number of hydrogen-bond donors (Lipinski definition) is 0. The van der Waals surface area contributed by atoms with Crippen molar-refractivity contribution in [1.82, 2.24) is 4.40 Å². The zero-order valence-corrected chi connectivity index (χ0v) is 11.0. The Morgan fingerprint density at radius 1 is 1.06 bits per heavy atom. The Hall–Kier alpha value is -2.03. The molecule has 2 aromatic heterocycles. The molecule has 0 aliphatic rings. The third-order valence-corrected chi connectivity index (χ3v) is 3.82. The molecule has 0 saturated carbocycles. The molecule has 0 fully saturated rings. The summed E-state index contributed by atoms with van der Waals surface area (Å²) in [4.78, 5) is 12.4. The molecule has 0 aliphatic heterocycles. The van der Waals surface area contributed by atoms with Gasteiger partial charge in [-0.1, -0.05) is 0 Å². The van der Waals surface area contributed by atoms with Gasteiger partial charge in [0, 0.05) is 22.0 Å². The van der Waals surface area contributed by atoms with Crippen molar-refractivity contribution in [3.63, 3.8) is 0 Å². The average Bonchev–Trinajstić information content (AvgIpc) is 2.70. The molecular weight excluding hydrogens is 226 g/mol. The Kier molecular flexibility index (Phi) is 2.14. The van der Waals surface area contributed by atoms with Gasteiger partial charge >= 0.3 is 0 Å². The Bertz CT molecular complexity index is 815. The van der Waals surface area contributed by atoms with Crippen molar-refractivity contribution in [1.29, 1.82) is 0 Å². The fraction of sp³-hybridized carbons (Fsp3) is 0.267. The zero-order chi connectivity index (χ0) is 13.0. The summed E-state index contributed by atoms with van der Waals surface area (Å²) in [6.45, 7) is 5.84. The van der Waals surface area contributed by atoms with Crippen LogP contribution in [-0.2, 0) is 0 Å². The number of hydrogen-bond acceptors (Lipinski definition) is 2. The molecule has 0 atom stereocenters. The quantitative estimate of drug-likeness (QED) is 0.656. The minimum absolute atomic E-state index is 0.0701. The van der Waals surface area contributed by atoms with Crippen molar-refractivity contribution in [2.45, 2.75) is 20.8 Å². The predicted molar refractivity (Wildman–Crippen MR) is 73.1 cm³/mol. The maximum absolute atomic E-state index is 12.4. The number of aromatic nitrogens is 1. The van der Waals surface area contributed by atoms with E-state index < -0.39 is 0 Å². The summed E-state index contributed by atoms with van der Waals surface area (Å²) in [5, 5.41) is 2.13. The summed E-state index contributed by atoms with van der Waals surface area (Å²) in [7, 11) is 1.66. The molecule has 0 amide bonds. The smallest absolute Gasteiger partial charge is 0.258 e. The summed E-state index contributed by atoms with van der Waals surface area (Å²) in [5.74, 6) is 0.816. The van der Waals surface area contributed by atoms with Crippen LogP contribution in [0.4, 0.5) is 0 Å². The molecule has 0 bridgehead atoms. The van der Waals surface area contributed by atoms with Gasteiger partial charge in [0.25, 0.3) is 5.56 Å². The van der Waals surface area contributed by atoms with Crippen molar-refractivity contribution < 1.29 is 4.74 Å². The maximum Gasteiger partial charge on any atom is 0.258 e. The van der Waals surface area contributed by atoms with Gasteiger partial charge in [-0.15, -0.1) is 0 Å². The lowest BCUT2D eigenvalue weighted by Gasteiger charge is -2.09. The molecule has 3 aromatic rings. The molecule has 18 heavy (non-hydrogen) atoms. The first kappa shape index (κ1) is 11.1. The van der Waals surface area contributed by atoms with Gasteiger partial charge < -0.3 is 4.74 Å². The van der Waals surface area contributed by atoms with Gasteiger partial charge in [-0.3, -0.25) is 9.20 Å². The zero-order valence-electron chi connectivity index (χ0n) is 11.0.